The zero-order chi connectivity index (χ0) is 35.2. The number of hydrogen-bond acceptors (Lipinski definition) is 14. The molecule has 3 saturated carbocycles. The van der Waals surface area contributed by atoms with Gasteiger partial charge < -0.3 is 39.4 Å². The van der Waals surface area contributed by atoms with Crippen molar-refractivity contribution in [2.45, 2.75) is 95.6 Å². The molecule has 0 aromatic rings. The predicted molar refractivity (Wildman–Crippen MR) is 160 cm³/mol. The lowest BCUT2D eigenvalue weighted by atomic mass is 9.46. The molecule has 266 valence electrons. The van der Waals surface area contributed by atoms with Crippen LogP contribution < -0.4 is 5.73 Å². The lowest BCUT2D eigenvalue weighted by Gasteiger charge is -2.60. The summed E-state index contributed by atoms with van der Waals surface area (Å²) in [6.07, 6.45) is 1.06. The van der Waals surface area contributed by atoms with Crippen molar-refractivity contribution >= 4 is 23.7 Å². The molecule has 1 aliphatic heterocycles. The first-order valence-electron chi connectivity index (χ1n) is 16.1. The van der Waals surface area contributed by atoms with E-state index >= 15 is 4.39 Å². The van der Waals surface area contributed by atoms with E-state index in [1.807, 2.05) is 13.8 Å². The largest absolute Gasteiger partial charge is 0.508 e. The molecule has 1 heterocycles. The Morgan fingerprint density at radius 3 is 2.56 bits per heavy atom. The van der Waals surface area contributed by atoms with Gasteiger partial charge in [-0.15, -0.1) is 10.1 Å². The zero-order valence-corrected chi connectivity index (χ0v) is 27.4. The van der Waals surface area contributed by atoms with E-state index in [1.54, 1.807) is 19.9 Å². The molecule has 48 heavy (non-hydrogen) atoms. The number of aliphatic hydroxyl groups excluding tert-OH is 1. The minimum absolute atomic E-state index is 0.0619. The van der Waals surface area contributed by atoms with Gasteiger partial charge in [-0.1, -0.05) is 19.9 Å². The number of hydrogen-bond donors (Lipinski definition) is 2. The minimum Gasteiger partial charge on any atom is -0.464 e. The number of nitrogens with two attached hydrogens (primary N) is 1. The number of esters is 1. The number of carbonyl (C=O) groups excluding carboxylic acids is 4. The summed E-state index contributed by atoms with van der Waals surface area (Å²) in [5.74, 6) is -4.07. The molecule has 5 aliphatic rings. The first kappa shape index (κ1) is 35.8. The maximum atomic E-state index is 15.8. The number of ketones is 2. The normalized spacial score (nSPS) is 38.0. The summed E-state index contributed by atoms with van der Waals surface area (Å²) in [5, 5.41) is 21.0. The van der Waals surface area contributed by atoms with Crippen LogP contribution in [0.4, 0.5) is 9.18 Å². The monoisotopic (exact) mass is 682 g/mol. The molecule has 1 unspecified atom stereocenters. The molecule has 0 radical (unpaired) electrons. The highest BCUT2D eigenvalue weighted by Crippen LogP contribution is 2.70. The van der Waals surface area contributed by atoms with Gasteiger partial charge in [0.05, 0.1) is 25.4 Å². The number of alkyl halides is 1. The standard InChI is InChI=1S/C32H43FN2O13/c1-29(2)47-25-13-19-18-12-21(33)20-11-17(36)7-8-30(20,3)26(18)23(37)14-31(19,4)32(25,48-29)24(38)16-45-28(40)44-15-22(34)27(39)43-9-5-6-10-46-35(41)42/h7-8,11,18-19,21-23,25-26,37H,5-6,9-10,12-16,34H2,1-4H3/t18-,19-,21-,22?,23-,25+,26+,30-,31-,32-/m0/s1. The van der Waals surface area contributed by atoms with Crippen LogP contribution in [0.5, 0.6) is 0 Å². The van der Waals surface area contributed by atoms with Gasteiger partial charge in [-0.25, -0.2) is 9.18 Å². The van der Waals surface area contributed by atoms with Gasteiger partial charge in [-0.05, 0) is 75.5 Å². The molecule has 0 aromatic carbocycles. The smallest absolute Gasteiger partial charge is 0.464 e. The van der Waals surface area contributed by atoms with Crippen molar-refractivity contribution in [3.8, 4) is 0 Å². The Labute approximate surface area is 276 Å². The fourth-order valence-corrected chi connectivity index (χ4v) is 9.05. The van der Waals surface area contributed by atoms with Gasteiger partial charge in [-0.2, -0.15) is 0 Å². The van der Waals surface area contributed by atoms with Gasteiger partial charge >= 0.3 is 12.1 Å². The molecule has 1 saturated heterocycles. The summed E-state index contributed by atoms with van der Waals surface area (Å²) in [5.41, 5.74) is 2.52. The average Bonchev–Trinajstić information content (AvgIpc) is 3.42. The number of unbranched alkanes of at least 4 members (excludes halogenated alkanes) is 1. The van der Waals surface area contributed by atoms with Crippen molar-refractivity contribution in [1.82, 2.24) is 0 Å². The Balaban J connectivity index is 1.23. The summed E-state index contributed by atoms with van der Waals surface area (Å²) in [6, 6.07) is -1.35. The highest BCUT2D eigenvalue weighted by atomic mass is 19.1. The SMILES string of the molecule is CC1(C)O[C@@H]2C[C@H]3[C@@H]4C[C@H](F)C5=CC(=O)C=C[C@]5(C)[C@H]4[C@@H](O)C[C@]3(C)[C@@]2(C(=O)COC(=O)OCC(N)C(=O)OCCCCO[N+](=O)[O-])O1. The topological polar surface area (TPSA) is 213 Å². The van der Waals surface area contributed by atoms with Crippen LogP contribution in [0, 0.1) is 38.7 Å². The van der Waals surface area contributed by atoms with Crippen LogP contribution in [-0.2, 0) is 42.9 Å². The maximum Gasteiger partial charge on any atom is 0.508 e. The van der Waals surface area contributed by atoms with Gasteiger partial charge in [-0.3, -0.25) is 14.4 Å². The number of rotatable bonds is 12. The Bertz CT molecular complexity index is 1400. The van der Waals surface area contributed by atoms with Crippen molar-refractivity contribution in [3.05, 3.63) is 33.9 Å². The first-order chi connectivity index (χ1) is 22.4. The minimum atomic E-state index is -1.64. The fourth-order valence-electron chi connectivity index (χ4n) is 9.05. The van der Waals surface area contributed by atoms with Crippen LogP contribution in [-0.4, -0.2) is 96.1 Å². The summed E-state index contributed by atoms with van der Waals surface area (Å²) < 4.78 is 43.5. The molecule has 0 aromatic heterocycles. The van der Waals surface area contributed by atoms with Crippen LogP contribution in [0.2, 0.25) is 0 Å². The lowest BCUT2D eigenvalue weighted by molar-refractivity contribution is -0.757. The van der Waals surface area contributed by atoms with Crippen molar-refractivity contribution in [2.24, 2.45) is 34.3 Å². The molecule has 0 spiro atoms. The Morgan fingerprint density at radius 1 is 1.15 bits per heavy atom. The van der Waals surface area contributed by atoms with E-state index in [0.29, 0.717) is 12.0 Å². The van der Waals surface area contributed by atoms with Crippen molar-refractivity contribution in [1.29, 1.82) is 0 Å². The highest BCUT2D eigenvalue weighted by Gasteiger charge is 2.77. The summed E-state index contributed by atoms with van der Waals surface area (Å²) in [7, 11) is 0. The Hall–Kier alpha value is -3.47. The third-order valence-electron chi connectivity index (χ3n) is 10.9. The molecule has 3 N–H and O–H groups in total. The van der Waals surface area contributed by atoms with E-state index in [1.165, 1.54) is 12.2 Å². The maximum absolute atomic E-state index is 15.8. The van der Waals surface area contributed by atoms with E-state index in [4.69, 9.17) is 29.4 Å². The van der Waals surface area contributed by atoms with Crippen molar-refractivity contribution in [2.75, 3.05) is 26.4 Å². The van der Waals surface area contributed by atoms with E-state index in [0.717, 1.165) is 0 Å². The number of ether oxygens (including phenoxy) is 5. The van der Waals surface area contributed by atoms with Crippen LogP contribution in [0.15, 0.2) is 23.8 Å². The van der Waals surface area contributed by atoms with Crippen molar-refractivity contribution in [3.63, 3.8) is 0 Å². The molecule has 16 heteroatoms. The third kappa shape index (κ3) is 6.23. The molecule has 4 aliphatic carbocycles. The summed E-state index contributed by atoms with van der Waals surface area (Å²) in [6.45, 7) is 5.39. The van der Waals surface area contributed by atoms with Crippen LogP contribution >= 0.6 is 0 Å². The molecule has 0 amide bonds. The van der Waals surface area contributed by atoms with Gasteiger partial charge in [0.1, 0.15) is 18.8 Å². The average molecular weight is 683 g/mol. The lowest BCUT2D eigenvalue weighted by Crippen LogP contribution is -2.64. The first-order valence-corrected chi connectivity index (χ1v) is 16.1. The van der Waals surface area contributed by atoms with Gasteiger partial charge in [0.25, 0.3) is 5.09 Å². The second-order valence-corrected chi connectivity index (χ2v) is 14.2. The molecule has 15 nitrogen and oxygen atoms in total. The second-order valence-electron chi connectivity index (χ2n) is 14.2. The number of carbonyl (C=O) groups is 4. The summed E-state index contributed by atoms with van der Waals surface area (Å²) >= 11 is 0. The van der Waals surface area contributed by atoms with Gasteiger partial charge in [0.2, 0.25) is 5.78 Å². The molecule has 4 fully saturated rings. The fraction of sp³-hybridized carbons (Fsp3) is 0.750. The van der Waals surface area contributed by atoms with Crippen molar-refractivity contribution < 1.29 is 62.3 Å². The molecule has 5 rings (SSSR count). The molecule has 10 atom stereocenters. The Morgan fingerprint density at radius 2 is 1.85 bits per heavy atom. The third-order valence-corrected chi connectivity index (χ3v) is 10.9. The number of Topliss-reactive ketones (excluding diaryl/α,β-unsaturated/α-hetero) is 1. The van der Waals surface area contributed by atoms with Crippen LogP contribution in [0.1, 0.15) is 59.8 Å². The number of nitrogens with zero attached hydrogens (tertiary/aromatic N) is 1. The van der Waals surface area contributed by atoms with Crippen LogP contribution in [0.25, 0.3) is 0 Å². The second kappa shape index (κ2) is 13.1. The van der Waals surface area contributed by atoms with Gasteiger partial charge in [0.15, 0.2) is 23.8 Å². The number of fused-ring (bicyclic) bond motifs is 7. The Kier molecular flexibility index (Phi) is 9.78. The molecular formula is C32H43FN2O13. The number of allylic oxidation sites excluding steroid dienone is 4. The quantitative estimate of drug-likeness (QED) is 0.131. The van der Waals surface area contributed by atoms with Crippen LogP contribution in [0.3, 0.4) is 0 Å². The summed E-state index contributed by atoms with van der Waals surface area (Å²) in [4.78, 5) is 65.1. The van der Waals surface area contributed by atoms with E-state index < -0.39 is 88.8 Å². The zero-order valence-electron chi connectivity index (χ0n) is 27.4. The highest BCUT2D eigenvalue weighted by molar-refractivity contribution is 6.01. The van der Waals surface area contributed by atoms with Gasteiger partial charge in [0, 0.05) is 16.7 Å². The molecular weight excluding hydrogens is 639 g/mol. The number of aliphatic hydroxyl groups is 1. The van der Waals surface area contributed by atoms with E-state index in [-0.39, 0.29) is 56.5 Å². The predicted octanol–water partition coefficient (Wildman–Crippen LogP) is 2.29. The molecule has 0 bridgehead atoms. The van der Waals surface area contributed by atoms with E-state index in [9.17, 15) is 34.4 Å². The van der Waals surface area contributed by atoms with E-state index in [2.05, 4.69) is 4.84 Å². The number of halogens is 1.